The third-order valence-corrected chi connectivity index (χ3v) is 5.27. The maximum absolute atomic E-state index is 6.32. The quantitative estimate of drug-likeness (QED) is 0.626. The minimum atomic E-state index is 0.126. The van der Waals surface area contributed by atoms with Crippen LogP contribution in [0.15, 0.2) is 23.2 Å². The summed E-state index contributed by atoms with van der Waals surface area (Å²) in [5.41, 5.74) is 1.09. The summed E-state index contributed by atoms with van der Waals surface area (Å²) in [4.78, 5) is 6.69. The lowest BCUT2D eigenvalue weighted by atomic mass is 10.1. The summed E-state index contributed by atoms with van der Waals surface area (Å²) < 4.78 is 16.9. The first-order chi connectivity index (χ1) is 12.7. The minimum absolute atomic E-state index is 0.126. The third kappa shape index (κ3) is 4.81. The number of halogens is 1. The molecule has 2 aliphatic heterocycles. The Morgan fingerprint density at radius 2 is 2.19 bits per heavy atom. The number of nitrogens with zero attached hydrogens (tertiary/aromatic N) is 2. The smallest absolute Gasteiger partial charge is 0.193 e. The molecule has 2 fully saturated rings. The average Bonchev–Trinajstić information content (AvgIpc) is 3.21. The van der Waals surface area contributed by atoms with Gasteiger partial charge in [-0.3, -0.25) is 4.99 Å². The molecule has 2 aliphatic rings. The van der Waals surface area contributed by atoms with Crippen molar-refractivity contribution in [3.63, 3.8) is 0 Å². The van der Waals surface area contributed by atoms with E-state index in [0.29, 0.717) is 6.61 Å². The summed E-state index contributed by atoms with van der Waals surface area (Å²) >= 11 is 6.32. The van der Waals surface area contributed by atoms with Gasteiger partial charge in [0.05, 0.1) is 19.8 Å². The molecule has 144 valence electrons. The fourth-order valence-electron chi connectivity index (χ4n) is 3.49. The van der Waals surface area contributed by atoms with E-state index in [1.165, 1.54) is 0 Å². The fourth-order valence-corrected chi connectivity index (χ4v) is 3.75. The van der Waals surface area contributed by atoms with E-state index in [1.807, 2.05) is 25.2 Å². The summed E-state index contributed by atoms with van der Waals surface area (Å²) in [5.74, 6) is 1.68. The Balaban J connectivity index is 1.51. The van der Waals surface area contributed by atoms with Crippen LogP contribution in [-0.4, -0.2) is 70.1 Å². The van der Waals surface area contributed by atoms with Crippen LogP contribution in [0.4, 0.5) is 0 Å². The molecular weight excluding hydrogens is 354 g/mol. The van der Waals surface area contributed by atoms with Gasteiger partial charge in [-0.05, 0) is 37.0 Å². The van der Waals surface area contributed by atoms with E-state index in [4.69, 9.17) is 25.8 Å². The number of hydrogen-bond donors (Lipinski definition) is 1. The van der Waals surface area contributed by atoms with Crippen LogP contribution in [0.5, 0.6) is 5.75 Å². The average molecular weight is 382 g/mol. The number of guanidine groups is 1. The molecule has 2 heterocycles. The van der Waals surface area contributed by atoms with Crippen LogP contribution < -0.4 is 10.1 Å². The third-order valence-electron chi connectivity index (χ3n) is 4.92. The summed E-state index contributed by atoms with van der Waals surface area (Å²) in [7, 11) is 3.46. The molecule has 26 heavy (non-hydrogen) atoms. The summed E-state index contributed by atoms with van der Waals surface area (Å²) in [6.45, 7) is 3.97. The molecule has 0 amide bonds. The summed E-state index contributed by atoms with van der Waals surface area (Å²) in [6.07, 6.45) is 3.37. The van der Waals surface area contributed by atoms with Gasteiger partial charge in [0.25, 0.3) is 0 Å². The van der Waals surface area contributed by atoms with E-state index in [9.17, 15) is 0 Å². The van der Waals surface area contributed by atoms with E-state index in [1.54, 1.807) is 7.11 Å². The van der Waals surface area contributed by atoms with Gasteiger partial charge in [0.2, 0.25) is 0 Å². The Hall–Kier alpha value is -1.50. The largest absolute Gasteiger partial charge is 0.497 e. The zero-order valence-corrected chi connectivity index (χ0v) is 16.3. The number of rotatable bonds is 5. The van der Waals surface area contributed by atoms with Crippen LogP contribution in [-0.2, 0) is 15.9 Å². The molecule has 3 rings (SSSR count). The van der Waals surface area contributed by atoms with Gasteiger partial charge in [0.1, 0.15) is 11.9 Å². The van der Waals surface area contributed by atoms with E-state index in [2.05, 4.69) is 15.2 Å². The molecule has 0 spiro atoms. The molecule has 1 aromatic rings. The molecule has 1 N–H and O–H groups in total. The Bertz CT molecular complexity index is 620. The number of ether oxygens (including phenoxy) is 3. The van der Waals surface area contributed by atoms with Gasteiger partial charge in [-0.1, -0.05) is 17.7 Å². The maximum atomic E-state index is 6.32. The van der Waals surface area contributed by atoms with Crippen molar-refractivity contribution in [3.8, 4) is 5.75 Å². The van der Waals surface area contributed by atoms with Crippen LogP contribution in [0.25, 0.3) is 0 Å². The SMILES string of the molecule is CN=C(NCCc1ccc(OC)cc1Cl)N1CCOC(C2CCCO2)C1. The van der Waals surface area contributed by atoms with Crippen molar-refractivity contribution in [2.24, 2.45) is 4.99 Å². The highest BCUT2D eigenvalue weighted by atomic mass is 35.5. The molecule has 0 aromatic heterocycles. The van der Waals surface area contributed by atoms with Crippen molar-refractivity contribution in [1.82, 2.24) is 10.2 Å². The summed E-state index contributed by atoms with van der Waals surface area (Å²) in [6, 6.07) is 5.79. The van der Waals surface area contributed by atoms with Crippen molar-refractivity contribution in [2.75, 3.05) is 47.0 Å². The van der Waals surface area contributed by atoms with E-state index in [0.717, 1.165) is 67.8 Å². The first-order valence-corrected chi connectivity index (χ1v) is 9.60. The van der Waals surface area contributed by atoms with Crippen LogP contribution in [0.2, 0.25) is 5.02 Å². The van der Waals surface area contributed by atoms with Gasteiger partial charge in [-0.2, -0.15) is 0 Å². The number of aliphatic imine (C=N–C) groups is 1. The standard InChI is InChI=1S/C19H28ClN3O3/c1-21-19(22-8-7-14-5-6-15(24-2)12-16(14)20)23-9-11-26-18(13-23)17-4-3-10-25-17/h5-6,12,17-18H,3-4,7-11,13H2,1-2H3,(H,21,22). The van der Waals surface area contributed by atoms with E-state index >= 15 is 0 Å². The molecule has 6 nitrogen and oxygen atoms in total. The molecule has 0 aliphatic carbocycles. The number of nitrogens with one attached hydrogen (secondary N) is 1. The Morgan fingerprint density at radius 1 is 1.35 bits per heavy atom. The van der Waals surface area contributed by atoms with Gasteiger partial charge in [0, 0.05) is 38.3 Å². The van der Waals surface area contributed by atoms with Crippen LogP contribution >= 0.6 is 11.6 Å². The number of morpholine rings is 1. The molecule has 7 heteroatoms. The Labute approximate surface area is 160 Å². The second kappa shape index (κ2) is 9.44. The topological polar surface area (TPSA) is 55.3 Å². The van der Waals surface area contributed by atoms with E-state index in [-0.39, 0.29) is 12.2 Å². The highest BCUT2D eigenvalue weighted by Gasteiger charge is 2.32. The molecule has 2 atom stereocenters. The lowest BCUT2D eigenvalue weighted by Crippen LogP contribution is -2.53. The Kier molecular flexibility index (Phi) is 7.00. The van der Waals surface area contributed by atoms with Crippen molar-refractivity contribution in [2.45, 2.75) is 31.5 Å². The predicted molar refractivity (Wildman–Crippen MR) is 103 cm³/mol. The maximum Gasteiger partial charge on any atom is 0.193 e. The lowest BCUT2D eigenvalue weighted by molar-refractivity contribution is -0.0816. The summed E-state index contributed by atoms with van der Waals surface area (Å²) in [5, 5.41) is 4.17. The molecule has 0 bridgehead atoms. The molecule has 2 unspecified atom stereocenters. The van der Waals surface area contributed by atoms with Gasteiger partial charge >= 0.3 is 0 Å². The van der Waals surface area contributed by atoms with Gasteiger partial charge in [-0.15, -0.1) is 0 Å². The lowest BCUT2D eigenvalue weighted by Gasteiger charge is -2.37. The van der Waals surface area contributed by atoms with Crippen molar-refractivity contribution < 1.29 is 14.2 Å². The molecular formula is C19H28ClN3O3. The van der Waals surface area contributed by atoms with Crippen LogP contribution in [0.1, 0.15) is 18.4 Å². The monoisotopic (exact) mass is 381 g/mol. The number of hydrogen-bond acceptors (Lipinski definition) is 4. The van der Waals surface area contributed by atoms with Gasteiger partial charge < -0.3 is 24.4 Å². The van der Waals surface area contributed by atoms with Crippen molar-refractivity contribution >= 4 is 17.6 Å². The predicted octanol–water partition coefficient (Wildman–Crippen LogP) is 2.35. The minimum Gasteiger partial charge on any atom is -0.497 e. The van der Waals surface area contributed by atoms with E-state index < -0.39 is 0 Å². The number of methoxy groups -OCH3 is 1. The molecule has 2 saturated heterocycles. The van der Waals surface area contributed by atoms with Crippen molar-refractivity contribution in [1.29, 1.82) is 0 Å². The normalized spacial score (nSPS) is 24.0. The second-order valence-corrected chi connectivity index (χ2v) is 7.00. The highest BCUT2D eigenvalue weighted by molar-refractivity contribution is 6.31. The van der Waals surface area contributed by atoms with Crippen LogP contribution in [0.3, 0.4) is 0 Å². The first kappa shape index (κ1) is 19.3. The highest BCUT2D eigenvalue weighted by Crippen LogP contribution is 2.23. The van der Waals surface area contributed by atoms with Crippen molar-refractivity contribution in [3.05, 3.63) is 28.8 Å². The van der Waals surface area contributed by atoms with Gasteiger partial charge in [-0.25, -0.2) is 0 Å². The molecule has 1 aromatic carbocycles. The molecule has 0 radical (unpaired) electrons. The zero-order chi connectivity index (χ0) is 18.4. The first-order valence-electron chi connectivity index (χ1n) is 9.22. The zero-order valence-electron chi connectivity index (χ0n) is 15.5. The molecule has 0 saturated carbocycles. The Morgan fingerprint density at radius 3 is 2.88 bits per heavy atom. The second-order valence-electron chi connectivity index (χ2n) is 6.59. The fraction of sp³-hybridized carbons (Fsp3) is 0.632. The van der Waals surface area contributed by atoms with Crippen LogP contribution in [0, 0.1) is 0 Å². The van der Waals surface area contributed by atoms with Gasteiger partial charge in [0.15, 0.2) is 5.96 Å². The number of benzene rings is 1.